The minimum atomic E-state index is 0.531. The third-order valence-electron chi connectivity index (χ3n) is 5.24. The average molecular weight is 272 g/mol. The van der Waals surface area contributed by atoms with E-state index in [-0.39, 0.29) is 0 Å². The van der Waals surface area contributed by atoms with Crippen LogP contribution in [0.3, 0.4) is 0 Å². The maximum absolute atomic E-state index is 3.81. The van der Waals surface area contributed by atoms with Gasteiger partial charge in [-0.2, -0.15) is 0 Å². The largest absolute Gasteiger partial charge is 0.311 e. The van der Waals surface area contributed by atoms with Crippen LogP contribution < -0.4 is 5.32 Å². The summed E-state index contributed by atoms with van der Waals surface area (Å²) in [4.78, 5) is 2.75. The summed E-state index contributed by atoms with van der Waals surface area (Å²) in [6.07, 6.45) is 2.86. The first-order valence-electron chi connectivity index (χ1n) is 8.21. The van der Waals surface area contributed by atoms with Gasteiger partial charge in [0.15, 0.2) is 0 Å². The van der Waals surface area contributed by atoms with Crippen LogP contribution in [0.2, 0.25) is 0 Å². The van der Waals surface area contributed by atoms with Crippen molar-refractivity contribution in [3.05, 3.63) is 35.9 Å². The summed E-state index contributed by atoms with van der Waals surface area (Å²) in [6.45, 7) is 9.41. The van der Waals surface area contributed by atoms with Crippen molar-refractivity contribution in [2.45, 2.75) is 51.7 Å². The van der Waals surface area contributed by atoms with Gasteiger partial charge in [0, 0.05) is 31.2 Å². The fraction of sp³-hybridized carbons (Fsp3) is 0.667. The fourth-order valence-electron chi connectivity index (χ4n) is 3.43. The van der Waals surface area contributed by atoms with Crippen LogP contribution >= 0.6 is 0 Å². The number of nitrogens with one attached hydrogen (secondary N) is 1. The minimum Gasteiger partial charge on any atom is -0.311 e. The van der Waals surface area contributed by atoms with E-state index >= 15 is 0 Å². The van der Waals surface area contributed by atoms with E-state index in [1.54, 1.807) is 0 Å². The molecule has 1 N–H and O–H groups in total. The molecule has 3 rings (SSSR count). The molecule has 0 bridgehead atoms. The highest BCUT2D eigenvalue weighted by Gasteiger charge is 2.39. The summed E-state index contributed by atoms with van der Waals surface area (Å²) in [5.74, 6) is 1.65. The van der Waals surface area contributed by atoms with E-state index in [2.05, 4.69) is 61.3 Å². The smallest absolute Gasteiger partial charge is 0.0476 e. The van der Waals surface area contributed by atoms with E-state index < -0.39 is 0 Å². The van der Waals surface area contributed by atoms with Gasteiger partial charge in [-0.05, 0) is 37.2 Å². The molecule has 1 aliphatic heterocycles. The highest BCUT2D eigenvalue weighted by molar-refractivity contribution is 5.21. The lowest BCUT2D eigenvalue weighted by molar-refractivity contribution is 0.0617. The zero-order valence-corrected chi connectivity index (χ0v) is 13.0. The first-order chi connectivity index (χ1) is 9.66. The zero-order valence-electron chi connectivity index (χ0n) is 13.0. The topological polar surface area (TPSA) is 15.3 Å². The maximum Gasteiger partial charge on any atom is 0.0476 e. The second-order valence-electron chi connectivity index (χ2n) is 6.96. The quantitative estimate of drug-likeness (QED) is 0.903. The minimum absolute atomic E-state index is 0.531. The molecule has 3 atom stereocenters. The molecular weight excluding hydrogens is 244 g/mol. The first kappa shape index (κ1) is 14.1. The Kier molecular flexibility index (Phi) is 4.13. The molecule has 20 heavy (non-hydrogen) atoms. The molecule has 2 fully saturated rings. The van der Waals surface area contributed by atoms with Crippen LogP contribution in [-0.2, 0) is 0 Å². The molecule has 1 saturated carbocycles. The van der Waals surface area contributed by atoms with E-state index in [0.29, 0.717) is 18.0 Å². The van der Waals surface area contributed by atoms with Crippen molar-refractivity contribution in [3.63, 3.8) is 0 Å². The van der Waals surface area contributed by atoms with Gasteiger partial charge in [0.05, 0.1) is 0 Å². The van der Waals surface area contributed by atoms with Crippen molar-refractivity contribution in [3.8, 4) is 0 Å². The molecule has 3 unspecified atom stereocenters. The SMILES string of the molecule is CC(C)C(C)N1CC(C2CC2)NCC1c1ccccc1. The molecule has 0 aromatic heterocycles. The molecule has 110 valence electrons. The van der Waals surface area contributed by atoms with Crippen LogP contribution in [0.4, 0.5) is 0 Å². The lowest BCUT2D eigenvalue weighted by Crippen LogP contribution is -2.56. The van der Waals surface area contributed by atoms with Gasteiger partial charge < -0.3 is 5.32 Å². The molecular formula is C18H28N2. The second-order valence-corrected chi connectivity index (χ2v) is 6.96. The summed E-state index contributed by atoms with van der Waals surface area (Å²) in [7, 11) is 0. The standard InChI is InChI=1S/C18H28N2/c1-13(2)14(3)20-12-17(15-9-10-15)19-11-18(20)16-7-5-4-6-8-16/h4-8,13-15,17-19H,9-12H2,1-3H3. The molecule has 1 aliphatic carbocycles. The molecule has 0 spiro atoms. The van der Waals surface area contributed by atoms with E-state index in [1.807, 2.05) is 0 Å². The van der Waals surface area contributed by atoms with Gasteiger partial charge in [0.2, 0.25) is 0 Å². The van der Waals surface area contributed by atoms with Gasteiger partial charge in [-0.25, -0.2) is 0 Å². The normalized spacial score (nSPS) is 29.6. The van der Waals surface area contributed by atoms with Crippen LogP contribution in [0.1, 0.15) is 45.2 Å². The van der Waals surface area contributed by atoms with E-state index in [9.17, 15) is 0 Å². The van der Waals surface area contributed by atoms with Crippen molar-refractivity contribution >= 4 is 0 Å². The summed E-state index contributed by atoms with van der Waals surface area (Å²) in [5.41, 5.74) is 1.46. The van der Waals surface area contributed by atoms with Crippen molar-refractivity contribution in [2.75, 3.05) is 13.1 Å². The lowest BCUT2D eigenvalue weighted by Gasteiger charge is -2.45. The fourth-order valence-corrected chi connectivity index (χ4v) is 3.43. The third kappa shape index (κ3) is 2.91. The van der Waals surface area contributed by atoms with Crippen molar-refractivity contribution < 1.29 is 0 Å². The number of rotatable bonds is 4. The Bertz CT molecular complexity index is 424. The van der Waals surface area contributed by atoms with Crippen LogP contribution in [0.25, 0.3) is 0 Å². The molecule has 1 aromatic rings. The third-order valence-corrected chi connectivity index (χ3v) is 5.24. The van der Waals surface area contributed by atoms with E-state index in [0.717, 1.165) is 18.5 Å². The molecule has 2 nitrogen and oxygen atoms in total. The van der Waals surface area contributed by atoms with Gasteiger partial charge in [-0.1, -0.05) is 44.2 Å². The molecule has 0 amide bonds. The van der Waals surface area contributed by atoms with Gasteiger partial charge in [0.1, 0.15) is 0 Å². The van der Waals surface area contributed by atoms with Gasteiger partial charge in [0.25, 0.3) is 0 Å². The number of hydrogen-bond donors (Lipinski definition) is 1. The number of benzene rings is 1. The Balaban J connectivity index is 1.80. The van der Waals surface area contributed by atoms with Gasteiger partial charge >= 0.3 is 0 Å². The zero-order chi connectivity index (χ0) is 14.1. The summed E-state index contributed by atoms with van der Waals surface area (Å²) >= 11 is 0. The van der Waals surface area contributed by atoms with Crippen molar-refractivity contribution in [2.24, 2.45) is 11.8 Å². The molecule has 0 radical (unpaired) electrons. The van der Waals surface area contributed by atoms with Crippen LogP contribution in [0.15, 0.2) is 30.3 Å². The molecule has 2 aliphatic rings. The Morgan fingerprint density at radius 3 is 2.40 bits per heavy atom. The van der Waals surface area contributed by atoms with Gasteiger partial charge in [-0.15, -0.1) is 0 Å². The Labute approximate surface area is 123 Å². The Hall–Kier alpha value is -0.860. The number of nitrogens with zero attached hydrogens (tertiary/aromatic N) is 1. The van der Waals surface area contributed by atoms with Crippen molar-refractivity contribution in [1.82, 2.24) is 10.2 Å². The molecule has 1 aromatic carbocycles. The summed E-state index contributed by atoms with van der Waals surface area (Å²) in [5, 5.41) is 3.81. The highest BCUT2D eigenvalue weighted by atomic mass is 15.3. The molecule has 1 saturated heterocycles. The average Bonchev–Trinajstić information content (AvgIpc) is 3.31. The van der Waals surface area contributed by atoms with Crippen LogP contribution in [0, 0.1) is 11.8 Å². The van der Waals surface area contributed by atoms with Gasteiger partial charge in [-0.3, -0.25) is 4.90 Å². The molecule has 2 heteroatoms. The maximum atomic E-state index is 3.81. The second kappa shape index (κ2) is 5.87. The van der Waals surface area contributed by atoms with Crippen LogP contribution in [0.5, 0.6) is 0 Å². The molecule has 1 heterocycles. The Morgan fingerprint density at radius 2 is 1.80 bits per heavy atom. The predicted octanol–water partition coefficient (Wildman–Crippen LogP) is 3.46. The first-order valence-corrected chi connectivity index (χ1v) is 8.21. The summed E-state index contributed by atoms with van der Waals surface area (Å²) in [6, 6.07) is 12.9. The predicted molar refractivity (Wildman–Crippen MR) is 84.7 cm³/mol. The van der Waals surface area contributed by atoms with E-state index in [4.69, 9.17) is 0 Å². The lowest BCUT2D eigenvalue weighted by atomic mass is 9.94. The summed E-state index contributed by atoms with van der Waals surface area (Å²) < 4.78 is 0. The highest BCUT2D eigenvalue weighted by Crippen LogP contribution is 2.37. The number of hydrogen-bond acceptors (Lipinski definition) is 2. The van der Waals surface area contributed by atoms with Crippen LogP contribution in [-0.4, -0.2) is 30.1 Å². The number of piperazine rings is 1. The monoisotopic (exact) mass is 272 g/mol. The Morgan fingerprint density at radius 1 is 1.10 bits per heavy atom. The van der Waals surface area contributed by atoms with E-state index in [1.165, 1.54) is 24.9 Å². The van der Waals surface area contributed by atoms with Crippen molar-refractivity contribution in [1.29, 1.82) is 0 Å².